The standard InChI is InChI=1S/C38H39N3O6S/c1-4-47-29-18-14-26(15-19-29)39-22-8-20-37(2)31(34(39)43)32-35(44)41(30(24-42)25-10-6-5-7-11-25)33-36(45)40(23-9-21-38(32,33)48-37)27-12-16-28(46-3)17-13-27/h5-21,30-33,42H,4,22-24H2,1-3H3/t30-,31-,32+,33?,37+,38+/m1/s1. The van der Waals surface area contributed by atoms with Crippen molar-refractivity contribution in [2.24, 2.45) is 11.8 Å². The van der Waals surface area contributed by atoms with Crippen LogP contribution in [-0.4, -0.2) is 76.7 Å². The number of aliphatic hydroxyl groups is 1. The average molecular weight is 666 g/mol. The van der Waals surface area contributed by atoms with Crippen LogP contribution in [-0.2, 0) is 14.4 Å². The molecule has 9 nitrogen and oxygen atoms in total. The Bertz CT molecular complexity index is 1760. The largest absolute Gasteiger partial charge is 0.497 e. The first-order valence-electron chi connectivity index (χ1n) is 16.3. The fourth-order valence-corrected chi connectivity index (χ4v) is 10.1. The summed E-state index contributed by atoms with van der Waals surface area (Å²) in [4.78, 5) is 49.9. The minimum absolute atomic E-state index is 0.174. The van der Waals surface area contributed by atoms with Crippen molar-refractivity contribution in [2.75, 3.05) is 43.2 Å². The van der Waals surface area contributed by atoms with Gasteiger partial charge < -0.3 is 29.3 Å². The Labute approximate surface area is 284 Å². The summed E-state index contributed by atoms with van der Waals surface area (Å²) in [5, 5.41) is 10.9. The molecule has 0 saturated carbocycles. The molecule has 1 N–H and O–H groups in total. The molecule has 2 saturated heterocycles. The van der Waals surface area contributed by atoms with Crippen molar-refractivity contribution in [3.05, 3.63) is 109 Å². The highest BCUT2D eigenvalue weighted by Gasteiger charge is 2.74. The van der Waals surface area contributed by atoms with Crippen LogP contribution in [0.4, 0.5) is 11.4 Å². The number of methoxy groups -OCH3 is 1. The lowest BCUT2D eigenvalue weighted by Gasteiger charge is -2.40. The summed E-state index contributed by atoms with van der Waals surface area (Å²) in [7, 11) is 1.59. The molecule has 3 aromatic carbocycles. The molecular weight excluding hydrogens is 627 g/mol. The smallest absolute Gasteiger partial charge is 0.251 e. The molecule has 7 rings (SSSR count). The second kappa shape index (κ2) is 12.5. The number of carbonyl (C=O) groups is 3. The highest BCUT2D eigenvalue weighted by atomic mass is 32.2. The van der Waals surface area contributed by atoms with Gasteiger partial charge in [-0.2, -0.15) is 0 Å². The first-order chi connectivity index (χ1) is 23.3. The van der Waals surface area contributed by atoms with Crippen molar-refractivity contribution in [3.63, 3.8) is 0 Å². The van der Waals surface area contributed by atoms with E-state index in [4.69, 9.17) is 9.47 Å². The summed E-state index contributed by atoms with van der Waals surface area (Å²) < 4.78 is 9.14. The molecule has 4 aliphatic heterocycles. The molecule has 1 spiro atoms. The van der Waals surface area contributed by atoms with E-state index >= 15 is 4.79 Å². The summed E-state index contributed by atoms with van der Waals surface area (Å²) in [5.74, 6) is -0.996. The molecule has 6 atom stereocenters. The van der Waals surface area contributed by atoms with Crippen molar-refractivity contribution in [1.82, 2.24) is 4.90 Å². The monoisotopic (exact) mass is 665 g/mol. The van der Waals surface area contributed by atoms with Gasteiger partial charge in [0.15, 0.2) is 0 Å². The molecule has 48 heavy (non-hydrogen) atoms. The van der Waals surface area contributed by atoms with Crippen molar-refractivity contribution in [2.45, 2.75) is 35.4 Å². The lowest BCUT2D eigenvalue weighted by molar-refractivity contribution is -0.142. The normalized spacial score (nSPS) is 28.5. The number of anilines is 2. The van der Waals surface area contributed by atoms with Crippen LogP contribution in [0.2, 0.25) is 0 Å². The molecule has 0 aliphatic carbocycles. The number of hydrogen-bond donors (Lipinski definition) is 1. The van der Waals surface area contributed by atoms with E-state index in [1.165, 1.54) is 11.8 Å². The molecule has 10 heteroatoms. The third-order valence-corrected chi connectivity index (χ3v) is 11.8. The number of likely N-dealkylation sites (tertiary alicyclic amines) is 1. The number of fused-ring (bicyclic) bond motifs is 2. The summed E-state index contributed by atoms with van der Waals surface area (Å²) in [6.45, 7) is 4.72. The third-order valence-electron chi connectivity index (χ3n) is 10.0. The van der Waals surface area contributed by atoms with Gasteiger partial charge in [0.05, 0.1) is 42.9 Å². The van der Waals surface area contributed by atoms with E-state index in [2.05, 4.69) is 0 Å². The first-order valence-corrected chi connectivity index (χ1v) is 17.1. The summed E-state index contributed by atoms with van der Waals surface area (Å²) in [6.07, 6.45) is 7.97. The summed E-state index contributed by atoms with van der Waals surface area (Å²) in [5.41, 5.74) is 2.09. The van der Waals surface area contributed by atoms with Crippen molar-refractivity contribution >= 4 is 40.9 Å². The van der Waals surface area contributed by atoms with Gasteiger partial charge in [-0.15, -0.1) is 11.8 Å². The Morgan fingerprint density at radius 3 is 2.02 bits per heavy atom. The first kappa shape index (κ1) is 32.0. The predicted molar refractivity (Wildman–Crippen MR) is 186 cm³/mol. The van der Waals surface area contributed by atoms with Gasteiger partial charge in [-0.05, 0) is 67.9 Å². The Morgan fingerprint density at radius 2 is 1.42 bits per heavy atom. The number of nitrogens with zero attached hydrogens (tertiary/aromatic N) is 3. The Kier molecular flexibility index (Phi) is 8.33. The van der Waals surface area contributed by atoms with Gasteiger partial charge in [-0.3, -0.25) is 14.4 Å². The maximum absolute atomic E-state index is 15.1. The number of rotatable bonds is 8. The topological polar surface area (TPSA) is 99.6 Å². The van der Waals surface area contributed by atoms with E-state index < -0.39 is 33.4 Å². The zero-order valence-corrected chi connectivity index (χ0v) is 28.0. The lowest BCUT2D eigenvalue weighted by atomic mass is 9.74. The lowest BCUT2D eigenvalue weighted by Crippen LogP contribution is -2.54. The fraction of sp³-hybridized carbons (Fsp3) is 0.342. The van der Waals surface area contributed by atoms with Gasteiger partial charge in [0.2, 0.25) is 11.8 Å². The highest BCUT2D eigenvalue weighted by Crippen LogP contribution is 2.66. The fourth-order valence-electron chi connectivity index (χ4n) is 7.94. The summed E-state index contributed by atoms with van der Waals surface area (Å²) in [6, 6.07) is 22.2. The van der Waals surface area contributed by atoms with Crippen LogP contribution in [0.3, 0.4) is 0 Å². The van der Waals surface area contributed by atoms with Crippen LogP contribution in [0.25, 0.3) is 0 Å². The molecule has 0 bridgehead atoms. The van der Waals surface area contributed by atoms with Crippen LogP contribution in [0.15, 0.2) is 103 Å². The van der Waals surface area contributed by atoms with Crippen LogP contribution in [0, 0.1) is 11.8 Å². The zero-order chi connectivity index (χ0) is 33.6. The number of benzene rings is 3. The van der Waals surface area contributed by atoms with Crippen LogP contribution in [0.1, 0.15) is 25.5 Å². The van der Waals surface area contributed by atoms with E-state index in [0.717, 1.165) is 5.56 Å². The van der Waals surface area contributed by atoms with E-state index in [1.807, 2.05) is 105 Å². The van der Waals surface area contributed by atoms with Gasteiger partial charge in [-0.1, -0.05) is 54.6 Å². The molecule has 1 unspecified atom stereocenters. The second-order valence-corrected chi connectivity index (χ2v) is 14.5. The SMILES string of the molecule is CCOc1ccc(N2CC=C[C@]3(C)S[C@]45C=CCN(c6ccc(OC)cc6)C(=O)C4N([C@H](CO)c4ccccc4)C(=O)[C@@H]5[C@@H]3C2=O)cc1. The number of aliphatic hydroxyl groups excluding tert-OH is 1. The molecule has 0 aromatic heterocycles. The minimum atomic E-state index is -1.07. The maximum atomic E-state index is 15.1. The highest BCUT2D eigenvalue weighted by molar-refractivity contribution is 8.02. The molecule has 2 fully saturated rings. The van der Waals surface area contributed by atoms with Crippen molar-refractivity contribution in [1.29, 1.82) is 0 Å². The van der Waals surface area contributed by atoms with Gasteiger partial charge in [-0.25, -0.2) is 0 Å². The molecule has 0 radical (unpaired) electrons. The van der Waals surface area contributed by atoms with Gasteiger partial charge in [0.1, 0.15) is 17.5 Å². The number of ether oxygens (including phenoxy) is 2. The Balaban J connectivity index is 1.35. The number of carbonyl (C=O) groups excluding carboxylic acids is 3. The molecule has 3 amide bonds. The van der Waals surface area contributed by atoms with Gasteiger partial charge in [0, 0.05) is 29.2 Å². The van der Waals surface area contributed by atoms with Crippen molar-refractivity contribution < 1.29 is 29.0 Å². The van der Waals surface area contributed by atoms with E-state index in [-0.39, 0.29) is 30.9 Å². The average Bonchev–Trinajstić information content (AvgIpc) is 3.37. The Hall–Kier alpha value is -4.54. The molecule has 3 aromatic rings. The Morgan fingerprint density at radius 1 is 0.812 bits per heavy atom. The zero-order valence-electron chi connectivity index (χ0n) is 27.2. The van der Waals surface area contributed by atoms with E-state index in [1.54, 1.807) is 33.9 Å². The van der Waals surface area contributed by atoms with Gasteiger partial charge in [0.25, 0.3) is 5.91 Å². The van der Waals surface area contributed by atoms with Gasteiger partial charge >= 0.3 is 0 Å². The van der Waals surface area contributed by atoms with Crippen LogP contribution < -0.4 is 19.3 Å². The van der Waals surface area contributed by atoms with Crippen LogP contribution in [0.5, 0.6) is 11.5 Å². The van der Waals surface area contributed by atoms with Crippen molar-refractivity contribution in [3.8, 4) is 11.5 Å². The third kappa shape index (κ3) is 5.00. The minimum Gasteiger partial charge on any atom is -0.497 e. The molecule has 248 valence electrons. The number of thioether (sulfide) groups is 1. The quantitative estimate of drug-likeness (QED) is 0.338. The summed E-state index contributed by atoms with van der Waals surface area (Å²) >= 11 is 1.52. The van der Waals surface area contributed by atoms with E-state index in [0.29, 0.717) is 36.0 Å². The predicted octanol–water partition coefficient (Wildman–Crippen LogP) is 5.02. The number of hydrogen-bond acceptors (Lipinski definition) is 7. The molecule has 4 aliphatic rings. The second-order valence-electron chi connectivity index (χ2n) is 12.7. The number of amides is 3. The molecule has 4 heterocycles. The van der Waals surface area contributed by atoms with Crippen LogP contribution >= 0.6 is 11.8 Å². The molecular formula is C38H39N3O6S. The van der Waals surface area contributed by atoms with E-state index in [9.17, 15) is 14.7 Å². The maximum Gasteiger partial charge on any atom is 0.251 e.